The molecule has 2 amide bonds. The number of nitrogens with two attached hydrogens (primary N) is 1. The van der Waals surface area contributed by atoms with Crippen molar-refractivity contribution in [3.05, 3.63) is 60.6 Å². The molecule has 1 unspecified atom stereocenters. The van der Waals surface area contributed by atoms with Gasteiger partial charge in [0.2, 0.25) is 5.91 Å². The van der Waals surface area contributed by atoms with Crippen molar-refractivity contribution >= 4 is 28.5 Å². The Kier molecular flexibility index (Phi) is 6.48. The van der Waals surface area contributed by atoms with Gasteiger partial charge in [-0.15, -0.1) is 0 Å². The second-order valence-corrected chi connectivity index (χ2v) is 9.57. The molecule has 1 saturated heterocycles. The average Bonchev–Trinajstić information content (AvgIpc) is 3.42. The molecule has 14 heteroatoms. The van der Waals surface area contributed by atoms with Gasteiger partial charge >= 0.3 is 6.30 Å². The van der Waals surface area contributed by atoms with E-state index in [-0.39, 0.29) is 43.6 Å². The maximum Gasteiger partial charge on any atom is 0.482 e. The predicted molar refractivity (Wildman–Crippen MR) is 133 cm³/mol. The molecule has 0 spiro atoms. The first kappa shape index (κ1) is 26.1. The first-order valence-electron chi connectivity index (χ1n) is 12.0. The van der Waals surface area contributed by atoms with Crippen molar-refractivity contribution in [2.24, 2.45) is 11.7 Å². The lowest BCUT2D eigenvalue weighted by Gasteiger charge is -2.38. The summed E-state index contributed by atoms with van der Waals surface area (Å²) in [6.45, 7) is 5.15. The highest BCUT2D eigenvalue weighted by Gasteiger charge is 2.37. The zero-order chi connectivity index (χ0) is 28.1. The fraction of sp³-hybridized carbons (Fsp3) is 0.320. The van der Waals surface area contributed by atoms with Gasteiger partial charge in [-0.1, -0.05) is 13.5 Å². The van der Waals surface area contributed by atoms with E-state index >= 15 is 0 Å². The molecule has 3 aromatic heterocycles. The van der Waals surface area contributed by atoms with Crippen LogP contribution >= 0.6 is 0 Å². The van der Waals surface area contributed by atoms with Gasteiger partial charge < -0.3 is 16.0 Å². The number of alkyl halides is 3. The van der Waals surface area contributed by atoms with Crippen molar-refractivity contribution < 1.29 is 27.2 Å². The van der Waals surface area contributed by atoms with Gasteiger partial charge in [-0.3, -0.25) is 14.3 Å². The highest BCUT2D eigenvalue weighted by molar-refractivity contribution is 5.97. The number of nitrogens with one attached hydrogen (secondary N) is 1. The number of carbonyl (C=O) groups is 2. The molecule has 3 aromatic rings. The minimum atomic E-state index is -4.55. The molecule has 1 aliphatic carbocycles. The number of fused-ring (bicyclic) bond motifs is 1. The average molecular weight is 545 g/mol. The zero-order valence-corrected chi connectivity index (χ0v) is 20.7. The first-order valence-corrected chi connectivity index (χ1v) is 12.0. The molecule has 0 saturated carbocycles. The van der Waals surface area contributed by atoms with E-state index in [0.29, 0.717) is 33.6 Å². The number of hydrogen-bond donors (Lipinski definition) is 2. The van der Waals surface area contributed by atoms with Crippen molar-refractivity contribution in [1.29, 1.82) is 0 Å². The maximum absolute atomic E-state index is 13.4. The summed E-state index contributed by atoms with van der Waals surface area (Å²) in [7, 11) is 0. The monoisotopic (exact) mass is 544 g/mol. The minimum absolute atomic E-state index is 0.0329. The Morgan fingerprint density at radius 3 is 2.64 bits per heavy atom. The molecule has 0 bridgehead atoms. The van der Waals surface area contributed by atoms with Crippen molar-refractivity contribution in [2.45, 2.75) is 32.1 Å². The Morgan fingerprint density at radius 2 is 2.00 bits per heavy atom. The zero-order valence-electron chi connectivity index (χ0n) is 20.7. The SMILES string of the molecule is C=C(F)C(=O)N1CC(c2nn(C3=CC=C(NC(F)(F)F)CC3C)c3nccc(-c4cnn(CC(N)=O)c4)c23)C1. The summed E-state index contributed by atoms with van der Waals surface area (Å²) < 4.78 is 55.0. The number of halogens is 4. The van der Waals surface area contributed by atoms with Crippen LogP contribution in [0.5, 0.6) is 0 Å². The van der Waals surface area contributed by atoms with Crippen LogP contribution in [0.1, 0.15) is 25.0 Å². The molecular weight excluding hydrogens is 520 g/mol. The quantitative estimate of drug-likeness (QED) is 0.268. The second kappa shape index (κ2) is 9.67. The van der Waals surface area contributed by atoms with E-state index in [1.54, 1.807) is 47.7 Å². The molecule has 10 nitrogen and oxygen atoms in total. The normalized spacial score (nSPS) is 18.0. The third-order valence-corrected chi connectivity index (χ3v) is 6.68. The molecule has 0 aromatic carbocycles. The maximum atomic E-state index is 13.4. The topological polar surface area (TPSA) is 124 Å². The summed E-state index contributed by atoms with van der Waals surface area (Å²) >= 11 is 0. The number of hydrogen-bond acceptors (Lipinski definition) is 6. The standard InChI is InChI=1S/C25H24F4N8O2/c1-13-7-17(33-25(27,28)29)3-4-19(13)37-23-21(22(34-37)16-9-35(10-16)24(39)14(2)26)18(5-6-31-23)15-8-32-36(11-15)12-20(30)38/h3-6,8,11,13,16,33H,2,7,9-10,12H2,1H3,(H2,30,38). The van der Waals surface area contributed by atoms with Crippen LogP contribution in [0.15, 0.2) is 54.9 Å². The first-order chi connectivity index (χ1) is 18.4. The fourth-order valence-electron chi connectivity index (χ4n) is 4.92. The van der Waals surface area contributed by atoms with Gasteiger partial charge in [-0.2, -0.15) is 23.4 Å². The molecule has 5 rings (SSSR count). The van der Waals surface area contributed by atoms with Gasteiger partial charge in [0.25, 0.3) is 5.91 Å². The molecule has 204 valence electrons. The Hall–Kier alpha value is -4.49. The number of aromatic nitrogens is 5. The number of pyridine rings is 1. The van der Waals surface area contributed by atoms with Crippen molar-refractivity contribution in [1.82, 2.24) is 34.8 Å². The lowest BCUT2D eigenvalue weighted by molar-refractivity contribution is -0.150. The van der Waals surface area contributed by atoms with E-state index < -0.39 is 23.9 Å². The predicted octanol–water partition coefficient (Wildman–Crippen LogP) is 3.06. The van der Waals surface area contributed by atoms with E-state index in [1.807, 2.05) is 0 Å². The van der Waals surface area contributed by atoms with Crippen LogP contribution in [0.3, 0.4) is 0 Å². The summed E-state index contributed by atoms with van der Waals surface area (Å²) in [6, 6.07) is 1.76. The summed E-state index contributed by atoms with van der Waals surface area (Å²) in [6.07, 6.45) is 3.30. The lowest BCUT2D eigenvalue weighted by Crippen LogP contribution is -2.48. The Morgan fingerprint density at radius 1 is 1.26 bits per heavy atom. The van der Waals surface area contributed by atoms with Crippen molar-refractivity contribution in [3.8, 4) is 11.1 Å². The van der Waals surface area contributed by atoms with Gasteiger partial charge in [0.05, 0.1) is 17.3 Å². The Balaban J connectivity index is 1.60. The Labute approximate surface area is 219 Å². The highest BCUT2D eigenvalue weighted by Crippen LogP contribution is 2.39. The summed E-state index contributed by atoms with van der Waals surface area (Å²) in [5.41, 5.74) is 8.38. The molecule has 0 radical (unpaired) electrons. The van der Waals surface area contributed by atoms with Crippen LogP contribution < -0.4 is 11.1 Å². The largest absolute Gasteiger partial charge is 0.482 e. The number of carbonyl (C=O) groups excluding carboxylic acids is 2. The number of likely N-dealkylation sites (tertiary alicyclic amines) is 1. The van der Waals surface area contributed by atoms with Crippen LogP contribution in [0.2, 0.25) is 0 Å². The molecule has 4 heterocycles. The summed E-state index contributed by atoms with van der Waals surface area (Å²) in [5, 5.41) is 11.2. The molecular formula is C25H24F4N8O2. The van der Waals surface area contributed by atoms with Crippen LogP contribution in [0.25, 0.3) is 27.9 Å². The van der Waals surface area contributed by atoms with E-state index in [2.05, 4.69) is 16.7 Å². The van der Waals surface area contributed by atoms with Gasteiger partial charge in [-0.05, 0) is 30.2 Å². The van der Waals surface area contributed by atoms with Gasteiger partial charge in [0, 0.05) is 54.3 Å². The van der Waals surface area contributed by atoms with E-state index in [0.717, 1.165) is 0 Å². The molecule has 39 heavy (non-hydrogen) atoms. The third kappa shape index (κ3) is 5.13. The number of rotatable bonds is 7. The number of nitrogens with zero attached hydrogens (tertiary/aromatic N) is 6. The smallest absolute Gasteiger partial charge is 0.368 e. The molecule has 1 aliphatic heterocycles. The third-order valence-electron chi connectivity index (χ3n) is 6.68. The lowest BCUT2D eigenvalue weighted by atomic mass is 9.92. The summed E-state index contributed by atoms with van der Waals surface area (Å²) in [5.74, 6) is -2.99. The van der Waals surface area contributed by atoms with Gasteiger partial charge in [-0.25, -0.2) is 14.1 Å². The molecule has 3 N–H and O–H groups in total. The second-order valence-electron chi connectivity index (χ2n) is 9.57. The number of amides is 2. The van der Waals surface area contributed by atoms with Crippen molar-refractivity contribution in [3.63, 3.8) is 0 Å². The molecule has 1 atom stereocenters. The van der Waals surface area contributed by atoms with Crippen LogP contribution in [0.4, 0.5) is 17.6 Å². The van der Waals surface area contributed by atoms with Crippen molar-refractivity contribution in [2.75, 3.05) is 13.1 Å². The Bertz CT molecular complexity index is 1540. The van der Waals surface area contributed by atoms with Crippen LogP contribution in [-0.4, -0.2) is 60.6 Å². The molecule has 1 fully saturated rings. The fourth-order valence-corrected chi connectivity index (χ4v) is 4.92. The number of allylic oxidation sites excluding steroid dienone is 4. The minimum Gasteiger partial charge on any atom is -0.368 e. The molecule has 2 aliphatic rings. The van der Waals surface area contributed by atoms with Gasteiger partial charge in [0.1, 0.15) is 6.54 Å². The van der Waals surface area contributed by atoms with Gasteiger partial charge in [0.15, 0.2) is 11.5 Å². The highest BCUT2D eigenvalue weighted by atomic mass is 19.4. The van der Waals surface area contributed by atoms with E-state index in [9.17, 15) is 27.2 Å². The number of primary amides is 1. The van der Waals surface area contributed by atoms with E-state index in [1.165, 1.54) is 15.7 Å². The van der Waals surface area contributed by atoms with Crippen LogP contribution in [0, 0.1) is 5.92 Å². The van der Waals surface area contributed by atoms with E-state index in [4.69, 9.17) is 10.8 Å². The van der Waals surface area contributed by atoms with Crippen LogP contribution in [-0.2, 0) is 16.1 Å². The summed E-state index contributed by atoms with van der Waals surface area (Å²) in [4.78, 5) is 29.2.